The largest absolute Gasteiger partial charge is 0.422 e. The summed E-state index contributed by atoms with van der Waals surface area (Å²) in [5.74, 6) is -0.121. The SMILES string of the molecule is CNc1cccc(Cc2c(C)c3ccc(OC(=O)N(C)C)cc3oc2=O)c1F. The molecule has 0 saturated carbocycles. The summed E-state index contributed by atoms with van der Waals surface area (Å²) >= 11 is 0. The molecule has 6 nitrogen and oxygen atoms in total. The van der Waals surface area contributed by atoms with Gasteiger partial charge in [0.1, 0.15) is 17.1 Å². The van der Waals surface area contributed by atoms with Gasteiger partial charge in [0.15, 0.2) is 0 Å². The third-order valence-electron chi connectivity index (χ3n) is 4.54. The van der Waals surface area contributed by atoms with E-state index in [1.54, 1.807) is 58.4 Å². The maximum Gasteiger partial charge on any atom is 0.414 e. The lowest BCUT2D eigenvalue weighted by Crippen LogP contribution is -2.25. The Labute approximate surface area is 161 Å². The third kappa shape index (κ3) is 3.69. The van der Waals surface area contributed by atoms with Crippen LogP contribution in [0.4, 0.5) is 14.9 Å². The summed E-state index contributed by atoms with van der Waals surface area (Å²) in [5, 5.41) is 3.49. The summed E-state index contributed by atoms with van der Waals surface area (Å²) in [6.45, 7) is 1.79. The molecule has 0 unspecified atom stereocenters. The first-order chi connectivity index (χ1) is 13.3. The van der Waals surface area contributed by atoms with E-state index in [9.17, 15) is 14.0 Å². The smallest absolute Gasteiger partial charge is 0.414 e. The summed E-state index contributed by atoms with van der Waals surface area (Å²) in [7, 11) is 4.78. The summed E-state index contributed by atoms with van der Waals surface area (Å²) in [6, 6.07) is 9.84. The number of rotatable bonds is 4. The lowest BCUT2D eigenvalue weighted by atomic mass is 9.99. The monoisotopic (exact) mass is 384 g/mol. The van der Waals surface area contributed by atoms with Crippen LogP contribution in [-0.2, 0) is 6.42 Å². The molecule has 7 heteroatoms. The molecule has 2 aromatic carbocycles. The number of benzene rings is 2. The molecule has 146 valence electrons. The molecule has 0 saturated heterocycles. The molecule has 0 radical (unpaired) electrons. The third-order valence-corrected chi connectivity index (χ3v) is 4.54. The van der Waals surface area contributed by atoms with Crippen LogP contribution in [0.15, 0.2) is 45.6 Å². The van der Waals surface area contributed by atoms with E-state index in [0.717, 1.165) is 0 Å². The van der Waals surface area contributed by atoms with Gasteiger partial charge >= 0.3 is 11.7 Å². The van der Waals surface area contributed by atoms with Crippen molar-refractivity contribution in [1.29, 1.82) is 0 Å². The molecule has 1 amide bonds. The average Bonchev–Trinajstić information content (AvgIpc) is 2.66. The molecular formula is C21H21FN2O4. The van der Waals surface area contributed by atoms with Crippen molar-refractivity contribution in [3.63, 3.8) is 0 Å². The number of amides is 1. The molecule has 0 bridgehead atoms. The van der Waals surface area contributed by atoms with Crippen LogP contribution in [-0.4, -0.2) is 32.1 Å². The average molecular weight is 384 g/mol. The fourth-order valence-electron chi connectivity index (χ4n) is 2.93. The van der Waals surface area contributed by atoms with E-state index in [0.29, 0.717) is 33.3 Å². The van der Waals surface area contributed by atoms with Crippen molar-refractivity contribution < 1.29 is 18.3 Å². The first-order valence-corrected chi connectivity index (χ1v) is 8.72. The predicted molar refractivity (Wildman–Crippen MR) is 106 cm³/mol. The van der Waals surface area contributed by atoms with Crippen molar-refractivity contribution in [2.45, 2.75) is 13.3 Å². The molecule has 0 atom stereocenters. The van der Waals surface area contributed by atoms with E-state index in [4.69, 9.17) is 9.15 Å². The molecule has 3 aromatic rings. The normalized spacial score (nSPS) is 10.8. The van der Waals surface area contributed by atoms with Crippen molar-refractivity contribution in [2.24, 2.45) is 0 Å². The van der Waals surface area contributed by atoms with E-state index >= 15 is 0 Å². The summed E-state index contributed by atoms with van der Waals surface area (Å²) < 4.78 is 25.2. The van der Waals surface area contributed by atoms with Gasteiger partial charge in [-0.1, -0.05) is 12.1 Å². The van der Waals surface area contributed by atoms with Crippen LogP contribution in [0.2, 0.25) is 0 Å². The van der Waals surface area contributed by atoms with E-state index in [1.165, 1.54) is 11.0 Å². The number of halogens is 1. The van der Waals surface area contributed by atoms with Crippen LogP contribution in [0.1, 0.15) is 16.7 Å². The molecule has 0 aliphatic heterocycles. The Balaban J connectivity index is 2.02. The van der Waals surface area contributed by atoms with Gasteiger partial charge in [-0.05, 0) is 36.2 Å². The zero-order valence-corrected chi connectivity index (χ0v) is 16.1. The van der Waals surface area contributed by atoms with Crippen molar-refractivity contribution in [3.8, 4) is 5.75 Å². The van der Waals surface area contributed by atoms with Gasteiger partial charge in [0.25, 0.3) is 0 Å². The van der Waals surface area contributed by atoms with Crippen LogP contribution in [0.5, 0.6) is 5.75 Å². The standard InChI is InChI=1S/C21H21FN2O4/c1-12-15-9-8-14(27-21(26)24(3)4)11-18(15)28-20(25)16(12)10-13-6-5-7-17(23-2)19(13)22/h5-9,11,23H,10H2,1-4H3. The number of aryl methyl sites for hydroxylation is 1. The highest BCUT2D eigenvalue weighted by Crippen LogP contribution is 2.27. The fourth-order valence-corrected chi connectivity index (χ4v) is 2.93. The molecule has 0 aliphatic carbocycles. The molecule has 0 fully saturated rings. The quantitative estimate of drug-likeness (QED) is 0.690. The van der Waals surface area contributed by atoms with Gasteiger partial charge in [-0.2, -0.15) is 0 Å². The highest BCUT2D eigenvalue weighted by Gasteiger charge is 2.16. The maximum atomic E-state index is 14.5. The van der Waals surface area contributed by atoms with E-state index in [2.05, 4.69) is 5.32 Å². The van der Waals surface area contributed by atoms with Crippen molar-refractivity contribution in [1.82, 2.24) is 4.90 Å². The highest BCUT2D eigenvalue weighted by atomic mass is 19.1. The van der Waals surface area contributed by atoms with Crippen LogP contribution in [0.3, 0.4) is 0 Å². The molecule has 28 heavy (non-hydrogen) atoms. The lowest BCUT2D eigenvalue weighted by Gasteiger charge is -2.12. The number of carbonyl (C=O) groups excluding carboxylic acids is 1. The van der Waals surface area contributed by atoms with Gasteiger partial charge in [-0.3, -0.25) is 0 Å². The number of nitrogens with one attached hydrogen (secondary N) is 1. The number of hydrogen-bond acceptors (Lipinski definition) is 5. The second kappa shape index (κ2) is 7.72. The van der Waals surface area contributed by atoms with Gasteiger partial charge < -0.3 is 19.4 Å². The molecule has 1 aromatic heterocycles. The van der Waals surface area contributed by atoms with Crippen LogP contribution in [0, 0.1) is 12.7 Å². The van der Waals surface area contributed by atoms with E-state index < -0.39 is 17.5 Å². The van der Waals surface area contributed by atoms with Gasteiger partial charge in [0.2, 0.25) is 0 Å². The molecule has 0 spiro atoms. The minimum absolute atomic E-state index is 0.114. The Kier molecular flexibility index (Phi) is 5.35. The second-order valence-electron chi connectivity index (χ2n) is 6.62. The molecular weight excluding hydrogens is 363 g/mol. The molecule has 3 rings (SSSR count). The predicted octanol–water partition coefficient (Wildman–Crippen LogP) is 3.93. The van der Waals surface area contributed by atoms with E-state index in [-0.39, 0.29) is 12.2 Å². The first-order valence-electron chi connectivity index (χ1n) is 8.72. The molecule has 1 heterocycles. The van der Waals surface area contributed by atoms with Crippen molar-refractivity contribution in [2.75, 3.05) is 26.5 Å². The van der Waals surface area contributed by atoms with Gasteiger partial charge in [0, 0.05) is 44.6 Å². The Morgan fingerprint density at radius 2 is 2.00 bits per heavy atom. The Morgan fingerprint density at radius 1 is 1.25 bits per heavy atom. The number of anilines is 1. The highest BCUT2D eigenvalue weighted by molar-refractivity contribution is 5.83. The minimum atomic E-state index is -0.546. The van der Waals surface area contributed by atoms with Gasteiger partial charge in [0.05, 0.1) is 5.69 Å². The number of nitrogens with zero attached hydrogens (tertiary/aromatic N) is 1. The van der Waals surface area contributed by atoms with Gasteiger partial charge in [-0.25, -0.2) is 14.0 Å². The molecule has 0 aliphatic rings. The zero-order valence-electron chi connectivity index (χ0n) is 16.1. The maximum absolute atomic E-state index is 14.5. The van der Waals surface area contributed by atoms with Crippen LogP contribution >= 0.6 is 0 Å². The number of carbonyl (C=O) groups is 1. The van der Waals surface area contributed by atoms with Crippen molar-refractivity contribution >= 4 is 22.7 Å². The minimum Gasteiger partial charge on any atom is -0.422 e. The zero-order chi connectivity index (χ0) is 20.4. The number of ether oxygens (including phenoxy) is 1. The van der Waals surface area contributed by atoms with Crippen LogP contribution < -0.4 is 15.7 Å². The summed E-state index contributed by atoms with van der Waals surface area (Å²) in [6.07, 6.45) is -0.419. The van der Waals surface area contributed by atoms with Crippen LogP contribution in [0.25, 0.3) is 11.0 Å². The molecule has 1 N–H and O–H groups in total. The fraction of sp³-hybridized carbons (Fsp3) is 0.238. The van der Waals surface area contributed by atoms with Gasteiger partial charge in [-0.15, -0.1) is 0 Å². The van der Waals surface area contributed by atoms with Crippen molar-refractivity contribution in [3.05, 3.63) is 69.3 Å². The van der Waals surface area contributed by atoms with E-state index in [1.807, 2.05) is 0 Å². The first kappa shape index (κ1) is 19.4. The Bertz CT molecular complexity index is 1110. The number of fused-ring (bicyclic) bond motifs is 1. The Hall–Kier alpha value is -3.35. The lowest BCUT2D eigenvalue weighted by molar-refractivity contribution is 0.172. The topological polar surface area (TPSA) is 71.8 Å². The second-order valence-corrected chi connectivity index (χ2v) is 6.62. The summed E-state index contributed by atoms with van der Waals surface area (Å²) in [4.78, 5) is 25.5. The number of hydrogen-bond donors (Lipinski definition) is 1. The Morgan fingerprint density at radius 3 is 2.68 bits per heavy atom. The summed E-state index contributed by atoms with van der Waals surface area (Å²) in [5.41, 5.74) is 1.62.